The van der Waals surface area contributed by atoms with Gasteiger partial charge in [-0.05, 0) is 12.1 Å². The average molecular weight is 334 g/mol. The minimum atomic E-state index is -5.11. The number of hydrogen-bond donors (Lipinski definition) is 2. The molecule has 116 valence electrons. The van der Waals surface area contributed by atoms with Crippen LogP contribution < -0.4 is 11.5 Å². The lowest BCUT2D eigenvalue weighted by Crippen LogP contribution is -2.25. The first kappa shape index (κ1) is 17.1. The molecular formula is C10H6ClF6N3O. The van der Waals surface area contributed by atoms with E-state index in [0.717, 1.165) is 0 Å². The maximum absolute atomic E-state index is 12.8. The van der Waals surface area contributed by atoms with Crippen molar-refractivity contribution in [1.29, 1.82) is 0 Å². The molecule has 0 bridgehead atoms. The summed E-state index contributed by atoms with van der Waals surface area (Å²) in [5, 5.41) is -1.20. The zero-order valence-electron chi connectivity index (χ0n) is 9.81. The quantitative estimate of drug-likeness (QED) is 0.471. The highest BCUT2D eigenvalue weighted by molar-refractivity contribution is 6.31. The molecule has 1 aromatic rings. The van der Waals surface area contributed by atoms with Crippen molar-refractivity contribution in [3.63, 3.8) is 0 Å². The van der Waals surface area contributed by atoms with Gasteiger partial charge in [-0.1, -0.05) is 11.6 Å². The molecule has 1 aromatic carbocycles. The van der Waals surface area contributed by atoms with Crippen LogP contribution in [0.5, 0.6) is 0 Å². The van der Waals surface area contributed by atoms with Gasteiger partial charge in [-0.15, -0.1) is 0 Å². The van der Waals surface area contributed by atoms with Gasteiger partial charge < -0.3 is 11.5 Å². The topological polar surface area (TPSA) is 81.5 Å². The molecule has 4 nitrogen and oxygen atoms in total. The summed E-state index contributed by atoms with van der Waals surface area (Å²) in [7, 11) is 0. The molecule has 0 saturated carbocycles. The number of nitrogens with two attached hydrogens (primary N) is 2. The fourth-order valence-corrected chi connectivity index (χ4v) is 1.65. The molecule has 21 heavy (non-hydrogen) atoms. The molecule has 0 aliphatic rings. The molecule has 0 aliphatic heterocycles. The van der Waals surface area contributed by atoms with E-state index in [-0.39, 0.29) is 12.1 Å². The van der Waals surface area contributed by atoms with Crippen molar-refractivity contribution >= 4 is 23.5 Å². The first-order valence-corrected chi connectivity index (χ1v) is 5.33. The fraction of sp³-hybridized carbons (Fsp3) is 0.200. The van der Waals surface area contributed by atoms with Crippen LogP contribution in [-0.2, 0) is 12.4 Å². The summed E-state index contributed by atoms with van der Waals surface area (Å²) in [6.07, 6.45) is -10.2. The Balaban J connectivity index is 3.65. The van der Waals surface area contributed by atoms with Crippen LogP contribution in [0.15, 0.2) is 17.1 Å². The van der Waals surface area contributed by atoms with E-state index in [1.54, 1.807) is 0 Å². The molecule has 0 saturated heterocycles. The molecule has 0 unspecified atom stereocenters. The molecule has 0 fully saturated rings. The molecule has 0 aromatic heterocycles. The smallest absolute Gasteiger partial charge is 0.370 e. The third-order valence-corrected chi connectivity index (χ3v) is 2.49. The highest BCUT2D eigenvalue weighted by atomic mass is 35.5. The number of nitrogens with zero attached hydrogens (tertiary/aromatic N) is 1. The maximum atomic E-state index is 12.8. The highest BCUT2D eigenvalue weighted by Crippen LogP contribution is 2.40. The zero-order chi connectivity index (χ0) is 16.6. The number of carbonyl (C=O) groups is 1. The first-order chi connectivity index (χ1) is 9.34. The van der Waals surface area contributed by atoms with E-state index in [2.05, 4.69) is 4.99 Å². The third-order valence-electron chi connectivity index (χ3n) is 2.18. The lowest BCUT2D eigenvalue weighted by atomic mass is 10.0. The van der Waals surface area contributed by atoms with Crippen LogP contribution in [0.4, 0.5) is 26.3 Å². The summed E-state index contributed by atoms with van der Waals surface area (Å²) in [6.45, 7) is 0. The van der Waals surface area contributed by atoms with Gasteiger partial charge >= 0.3 is 12.4 Å². The molecule has 0 aliphatic carbocycles. The van der Waals surface area contributed by atoms with Crippen LogP contribution in [0, 0.1) is 0 Å². The molecule has 1 rings (SSSR count). The van der Waals surface area contributed by atoms with Crippen molar-refractivity contribution in [2.75, 3.05) is 0 Å². The molecule has 0 heterocycles. The monoisotopic (exact) mass is 333 g/mol. The normalized spacial score (nSPS) is 12.1. The van der Waals surface area contributed by atoms with Gasteiger partial charge in [-0.2, -0.15) is 31.3 Å². The molecule has 1 amide bonds. The average Bonchev–Trinajstić information content (AvgIpc) is 2.24. The molecule has 0 atom stereocenters. The Morgan fingerprint density at radius 2 is 1.48 bits per heavy atom. The Morgan fingerprint density at radius 3 is 1.86 bits per heavy atom. The number of hydrogen-bond acceptors (Lipinski definition) is 1. The van der Waals surface area contributed by atoms with Gasteiger partial charge in [-0.3, -0.25) is 4.79 Å². The summed E-state index contributed by atoms with van der Waals surface area (Å²) in [4.78, 5) is 14.3. The minimum Gasteiger partial charge on any atom is -0.370 e. The van der Waals surface area contributed by atoms with Gasteiger partial charge in [0.2, 0.25) is 0 Å². The lowest BCUT2D eigenvalue weighted by Gasteiger charge is -2.15. The summed E-state index contributed by atoms with van der Waals surface area (Å²) in [5.74, 6) is -2.55. The number of guanidine groups is 1. The number of benzene rings is 1. The zero-order valence-corrected chi connectivity index (χ0v) is 10.6. The predicted octanol–water partition coefficient (Wildman–Crippen LogP) is 2.79. The third kappa shape index (κ3) is 4.00. The van der Waals surface area contributed by atoms with E-state index in [9.17, 15) is 31.1 Å². The minimum absolute atomic E-state index is 0.000159. The molecule has 4 N–H and O–H groups in total. The van der Waals surface area contributed by atoms with E-state index >= 15 is 0 Å². The Hall–Kier alpha value is -1.97. The number of rotatable bonds is 1. The summed E-state index contributed by atoms with van der Waals surface area (Å²) >= 11 is 5.19. The number of carbonyl (C=O) groups excluding carboxylic acids is 1. The van der Waals surface area contributed by atoms with Gasteiger partial charge in [0, 0.05) is 0 Å². The van der Waals surface area contributed by atoms with Crippen LogP contribution in [0.2, 0.25) is 5.02 Å². The van der Waals surface area contributed by atoms with Crippen molar-refractivity contribution in [1.82, 2.24) is 0 Å². The predicted molar refractivity (Wildman–Crippen MR) is 61.6 cm³/mol. The number of amides is 1. The van der Waals surface area contributed by atoms with E-state index in [4.69, 9.17) is 23.1 Å². The largest absolute Gasteiger partial charge is 0.417 e. The van der Waals surface area contributed by atoms with E-state index in [1.807, 2.05) is 0 Å². The van der Waals surface area contributed by atoms with E-state index in [1.165, 1.54) is 0 Å². The number of aliphatic imine (C=N–C) groups is 1. The van der Waals surface area contributed by atoms with E-state index < -0.39 is 45.9 Å². The van der Waals surface area contributed by atoms with Crippen LogP contribution in [-0.4, -0.2) is 11.9 Å². The number of halogens is 7. The van der Waals surface area contributed by atoms with Crippen LogP contribution in [0.1, 0.15) is 21.5 Å². The Bertz CT molecular complexity index is 604. The Morgan fingerprint density at radius 1 is 1.00 bits per heavy atom. The first-order valence-electron chi connectivity index (χ1n) is 4.96. The highest BCUT2D eigenvalue weighted by Gasteiger charge is 2.40. The van der Waals surface area contributed by atoms with Crippen LogP contribution >= 0.6 is 11.6 Å². The Labute approximate surface area is 118 Å². The van der Waals surface area contributed by atoms with Crippen molar-refractivity contribution in [3.05, 3.63) is 33.8 Å². The van der Waals surface area contributed by atoms with Gasteiger partial charge in [0.05, 0.1) is 21.7 Å². The molecule has 0 radical (unpaired) electrons. The molecule has 11 heteroatoms. The summed E-state index contributed by atoms with van der Waals surface area (Å²) < 4.78 is 76.1. The Kier molecular flexibility index (Phi) is 4.42. The lowest BCUT2D eigenvalue weighted by molar-refractivity contribution is -0.141. The second kappa shape index (κ2) is 5.43. The van der Waals surface area contributed by atoms with Crippen LogP contribution in [0.25, 0.3) is 0 Å². The fourth-order valence-electron chi connectivity index (χ4n) is 1.38. The molecular weight excluding hydrogens is 328 g/mol. The standard InChI is InChI=1S/C10H6ClF6N3O/c11-6-2-4(9(12,13)14)3(7(21)20-8(18)19)1-5(6)10(15,16)17/h1-2H,(H4,18,19,20,21). The number of alkyl halides is 6. The van der Waals surface area contributed by atoms with Crippen molar-refractivity contribution in [3.8, 4) is 0 Å². The maximum Gasteiger partial charge on any atom is 0.417 e. The van der Waals surface area contributed by atoms with Gasteiger partial charge in [-0.25, -0.2) is 0 Å². The van der Waals surface area contributed by atoms with Gasteiger partial charge in [0.25, 0.3) is 5.91 Å². The summed E-state index contributed by atoms with van der Waals surface area (Å²) in [6, 6.07) is -0.0419. The second-order valence-corrected chi connectivity index (χ2v) is 4.12. The van der Waals surface area contributed by atoms with Crippen molar-refractivity contribution in [2.24, 2.45) is 16.5 Å². The summed E-state index contributed by atoms with van der Waals surface area (Å²) in [5.41, 5.74) is 5.01. The van der Waals surface area contributed by atoms with E-state index in [0.29, 0.717) is 0 Å². The second-order valence-electron chi connectivity index (χ2n) is 3.71. The van der Waals surface area contributed by atoms with Crippen molar-refractivity contribution < 1.29 is 31.1 Å². The van der Waals surface area contributed by atoms with Crippen LogP contribution in [0.3, 0.4) is 0 Å². The van der Waals surface area contributed by atoms with Crippen molar-refractivity contribution in [2.45, 2.75) is 12.4 Å². The van der Waals surface area contributed by atoms with Gasteiger partial charge in [0.15, 0.2) is 5.96 Å². The SMILES string of the molecule is NC(N)=NC(=O)c1cc(C(F)(F)F)c(Cl)cc1C(F)(F)F. The molecule has 0 spiro atoms. The van der Waals surface area contributed by atoms with Gasteiger partial charge in [0.1, 0.15) is 0 Å².